The molecule has 0 fully saturated rings. The summed E-state index contributed by atoms with van der Waals surface area (Å²) in [6.07, 6.45) is 4.67. The van der Waals surface area contributed by atoms with Crippen molar-refractivity contribution < 1.29 is 9.90 Å². The summed E-state index contributed by atoms with van der Waals surface area (Å²) in [7, 11) is 0. The SMILES string of the molecule is CCN(CCO)C(=O)CCc1cccnc1. The van der Waals surface area contributed by atoms with Crippen LogP contribution in [-0.2, 0) is 11.2 Å². The number of aryl methyl sites for hydroxylation is 1. The number of aliphatic hydroxyl groups excluding tert-OH is 1. The Morgan fingerprint density at radius 1 is 1.56 bits per heavy atom. The van der Waals surface area contributed by atoms with Crippen LogP contribution < -0.4 is 0 Å². The van der Waals surface area contributed by atoms with E-state index in [0.717, 1.165) is 5.56 Å². The summed E-state index contributed by atoms with van der Waals surface area (Å²) in [5.41, 5.74) is 1.07. The molecule has 0 aliphatic carbocycles. The Morgan fingerprint density at radius 2 is 2.38 bits per heavy atom. The first-order chi connectivity index (χ1) is 7.77. The van der Waals surface area contributed by atoms with Gasteiger partial charge in [0, 0.05) is 31.9 Å². The smallest absolute Gasteiger partial charge is 0.222 e. The largest absolute Gasteiger partial charge is 0.395 e. The van der Waals surface area contributed by atoms with Gasteiger partial charge in [0.15, 0.2) is 0 Å². The molecule has 1 aromatic rings. The minimum Gasteiger partial charge on any atom is -0.395 e. The number of amides is 1. The van der Waals surface area contributed by atoms with Crippen molar-refractivity contribution in [2.45, 2.75) is 19.8 Å². The van der Waals surface area contributed by atoms with Crippen LogP contribution in [0, 0.1) is 0 Å². The van der Waals surface area contributed by atoms with Gasteiger partial charge in [-0.25, -0.2) is 0 Å². The highest BCUT2D eigenvalue weighted by Gasteiger charge is 2.10. The third-order valence-corrected chi connectivity index (χ3v) is 2.45. The summed E-state index contributed by atoms with van der Waals surface area (Å²) in [6, 6.07) is 3.83. The molecule has 1 amide bonds. The standard InChI is InChI=1S/C12H18N2O2/c1-2-14(8-9-15)12(16)6-5-11-4-3-7-13-10-11/h3-4,7,10,15H,2,5-6,8-9H2,1H3. The molecule has 0 spiro atoms. The van der Waals surface area contributed by atoms with Crippen LogP contribution >= 0.6 is 0 Å². The first-order valence-electron chi connectivity index (χ1n) is 5.55. The maximum absolute atomic E-state index is 11.7. The number of pyridine rings is 1. The Balaban J connectivity index is 2.40. The molecule has 88 valence electrons. The zero-order valence-corrected chi connectivity index (χ0v) is 9.59. The minimum absolute atomic E-state index is 0.0203. The van der Waals surface area contributed by atoms with Gasteiger partial charge in [-0.15, -0.1) is 0 Å². The summed E-state index contributed by atoms with van der Waals surface area (Å²) in [6.45, 7) is 3.00. The van der Waals surface area contributed by atoms with E-state index in [4.69, 9.17) is 5.11 Å². The number of likely N-dealkylation sites (N-methyl/N-ethyl adjacent to an activating group) is 1. The normalized spacial score (nSPS) is 10.1. The molecule has 16 heavy (non-hydrogen) atoms. The number of rotatable bonds is 6. The Kier molecular flexibility index (Phi) is 5.50. The summed E-state index contributed by atoms with van der Waals surface area (Å²) in [5, 5.41) is 8.80. The number of carbonyl (C=O) groups excluding carboxylic acids is 1. The number of aliphatic hydroxyl groups is 1. The number of nitrogens with zero attached hydrogens (tertiary/aromatic N) is 2. The Morgan fingerprint density at radius 3 is 2.94 bits per heavy atom. The van der Waals surface area contributed by atoms with E-state index in [1.165, 1.54) is 0 Å². The molecule has 1 N–H and O–H groups in total. The van der Waals surface area contributed by atoms with Crippen LogP contribution in [0.2, 0.25) is 0 Å². The molecule has 0 aliphatic heterocycles. The Labute approximate surface area is 95.9 Å². The lowest BCUT2D eigenvalue weighted by Gasteiger charge is -2.19. The van der Waals surface area contributed by atoms with Crippen molar-refractivity contribution in [3.8, 4) is 0 Å². The molecular formula is C12H18N2O2. The summed E-state index contributed by atoms with van der Waals surface area (Å²) in [5.74, 6) is 0.0837. The number of hydrogen-bond donors (Lipinski definition) is 1. The number of hydrogen-bond acceptors (Lipinski definition) is 3. The second-order valence-electron chi connectivity index (χ2n) is 3.56. The van der Waals surface area contributed by atoms with Gasteiger partial charge in [0.1, 0.15) is 0 Å². The molecule has 0 atom stereocenters. The molecule has 0 aliphatic rings. The van der Waals surface area contributed by atoms with Crippen molar-refractivity contribution in [2.75, 3.05) is 19.7 Å². The molecule has 1 heterocycles. The van der Waals surface area contributed by atoms with E-state index < -0.39 is 0 Å². The monoisotopic (exact) mass is 222 g/mol. The molecule has 0 saturated heterocycles. The van der Waals surface area contributed by atoms with Crippen molar-refractivity contribution in [1.82, 2.24) is 9.88 Å². The molecule has 4 heteroatoms. The molecule has 0 bridgehead atoms. The lowest BCUT2D eigenvalue weighted by atomic mass is 10.1. The molecule has 0 radical (unpaired) electrons. The van der Waals surface area contributed by atoms with Crippen LogP contribution in [0.25, 0.3) is 0 Å². The zero-order chi connectivity index (χ0) is 11.8. The highest BCUT2D eigenvalue weighted by molar-refractivity contribution is 5.76. The highest BCUT2D eigenvalue weighted by atomic mass is 16.3. The van der Waals surface area contributed by atoms with Gasteiger partial charge in [0.05, 0.1) is 6.61 Å². The van der Waals surface area contributed by atoms with E-state index in [0.29, 0.717) is 25.9 Å². The first kappa shape index (κ1) is 12.6. The minimum atomic E-state index is 0.0203. The van der Waals surface area contributed by atoms with Crippen molar-refractivity contribution in [2.24, 2.45) is 0 Å². The fraction of sp³-hybridized carbons (Fsp3) is 0.500. The molecule has 0 aromatic carbocycles. The van der Waals surface area contributed by atoms with Crippen molar-refractivity contribution in [1.29, 1.82) is 0 Å². The van der Waals surface area contributed by atoms with E-state index in [-0.39, 0.29) is 12.5 Å². The van der Waals surface area contributed by atoms with Gasteiger partial charge >= 0.3 is 0 Å². The fourth-order valence-corrected chi connectivity index (χ4v) is 1.54. The van der Waals surface area contributed by atoms with Gasteiger partial charge in [-0.3, -0.25) is 9.78 Å². The van der Waals surface area contributed by atoms with Crippen molar-refractivity contribution in [3.63, 3.8) is 0 Å². The van der Waals surface area contributed by atoms with Gasteiger partial charge < -0.3 is 10.0 Å². The fourth-order valence-electron chi connectivity index (χ4n) is 1.54. The maximum Gasteiger partial charge on any atom is 0.222 e. The quantitative estimate of drug-likeness (QED) is 0.776. The van der Waals surface area contributed by atoms with Crippen LogP contribution in [0.3, 0.4) is 0 Å². The van der Waals surface area contributed by atoms with Crippen LogP contribution in [-0.4, -0.2) is 40.6 Å². The highest BCUT2D eigenvalue weighted by Crippen LogP contribution is 2.03. The van der Waals surface area contributed by atoms with Gasteiger partial charge in [-0.05, 0) is 25.0 Å². The number of carbonyl (C=O) groups is 1. The second-order valence-corrected chi connectivity index (χ2v) is 3.56. The lowest BCUT2D eigenvalue weighted by Crippen LogP contribution is -2.33. The predicted octanol–water partition coefficient (Wildman–Crippen LogP) is 0.855. The van der Waals surface area contributed by atoms with Gasteiger partial charge in [0.2, 0.25) is 5.91 Å². The van der Waals surface area contributed by atoms with Crippen LogP contribution in [0.15, 0.2) is 24.5 Å². The van der Waals surface area contributed by atoms with Crippen molar-refractivity contribution >= 4 is 5.91 Å². The van der Waals surface area contributed by atoms with Gasteiger partial charge in [0.25, 0.3) is 0 Å². The average Bonchev–Trinajstić information content (AvgIpc) is 2.34. The maximum atomic E-state index is 11.7. The second kappa shape index (κ2) is 6.95. The average molecular weight is 222 g/mol. The van der Waals surface area contributed by atoms with Crippen LogP contribution in [0.5, 0.6) is 0 Å². The molecule has 1 rings (SSSR count). The molecule has 0 saturated carbocycles. The Hall–Kier alpha value is -1.42. The third-order valence-electron chi connectivity index (χ3n) is 2.45. The van der Waals surface area contributed by atoms with Crippen molar-refractivity contribution in [3.05, 3.63) is 30.1 Å². The molecule has 0 unspecified atom stereocenters. The van der Waals surface area contributed by atoms with E-state index in [1.54, 1.807) is 17.3 Å². The third kappa shape index (κ3) is 3.98. The van der Waals surface area contributed by atoms with E-state index in [2.05, 4.69) is 4.98 Å². The Bertz CT molecular complexity index is 314. The van der Waals surface area contributed by atoms with E-state index >= 15 is 0 Å². The van der Waals surface area contributed by atoms with Crippen LogP contribution in [0.4, 0.5) is 0 Å². The topological polar surface area (TPSA) is 53.4 Å². The molecule has 4 nitrogen and oxygen atoms in total. The number of aromatic nitrogens is 1. The van der Waals surface area contributed by atoms with Gasteiger partial charge in [-0.1, -0.05) is 6.07 Å². The van der Waals surface area contributed by atoms with E-state index in [1.807, 2.05) is 19.1 Å². The van der Waals surface area contributed by atoms with Gasteiger partial charge in [-0.2, -0.15) is 0 Å². The zero-order valence-electron chi connectivity index (χ0n) is 9.59. The summed E-state index contributed by atoms with van der Waals surface area (Å²) >= 11 is 0. The summed E-state index contributed by atoms with van der Waals surface area (Å²) < 4.78 is 0. The summed E-state index contributed by atoms with van der Waals surface area (Å²) in [4.78, 5) is 17.4. The molecule has 1 aromatic heterocycles. The van der Waals surface area contributed by atoms with E-state index in [9.17, 15) is 4.79 Å². The predicted molar refractivity (Wildman–Crippen MR) is 61.9 cm³/mol. The lowest BCUT2D eigenvalue weighted by molar-refractivity contribution is -0.131. The van der Waals surface area contributed by atoms with Crippen LogP contribution in [0.1, 0.15) is 18.9 Å². The molecular weight excluding hydrogens is 204 g/mol. The first-order valence-corrected chi connectivity index (χ1v) is 5.55.